The minimum atomic E-state index is -0.793. The maximum atomic E-state index is 10.8. The lowest BCUT2D eigenvalue weighted by atomic mass is 9.66. The van der Waals surface area contributed by atoms with E-state index < -0.39 is 11.5 Å². The first kappa shape index (κ1) is 16.8. The lowest BCUT2D eigenvalue weighted by Crippen LogP contribution is -2.32. The van der Waals surface area contributed by atoms with Gasteiger partial charge in [-0.15, -0.1) is 0 Å². The molecule has 0 bridgehead atoms. The zero-order valence-electron chi connectivity index (χ0n) is 12.3. The molecule has 0 saturated heterocycles. The molecule has 0 aliphatic heterocycles. The van der Waals surface area contributed by atoms with Crippen LogP contribution in [0, 0.1) is 22.7 Å². The summed E-state index contributed by atoms with van der Waals surface area (Å²) in [6, 6.07) is 7.77. The van der Waals surface area contributed by atoms with Crippen molar-refractivity contribution < 1.29 is 5.11 Å². The van der Waals surface area contributed by atoms with E-state index in [1.165, 1.54) is 12.8 Å². The Labute approximate surface area is 140 Å². The summed E-state index contributed by atoms with van der Waals surface area (Å²) in [6.07, 6.45) is 5.18. The van der Waals surface area contributed by atoms with Gasteiger partial charge in [0.25, 0.3) is 0 Å². The molecule has 0 amide bonds. The summed E-state index contributed by atoms with van der Waals surface area (Å²) >= 11 is 9.50. The van der Waals surface area contributed by atoms with Gasteiger partial charge >= 0.3 is 0 Å². The Morgan fingerprint density at radius 3 is 2.71 bits per heavy atom. The topological polar surface area (TPSA) is 44.0 Å². The van der Waals surface area contributed by atoms with E-state index in [0.29, 0.717) is 10.9 Å². The van der Waals surface area contributed by atoms with Crippen molar-refractivity contribution in [2.45, 2.75) is 51.6 Å². The second kappa shape index (κ2) is 7.13. The molecular formula is C17H21BrClNO. The van der Waals surface area contributed by atoms with Gasteiger partial charge in [0.2, 0.25) is 0 Å². The number of rotatable bonds is 4. The van der Waals surface area contributed by atoms with Crippen LogP contribution in [0.15, 0.2) is 22.7 Å². The number of halogens is 2. The first-order chi connectivity index (χ1) is 10.0. The van der Waals surface area contributed by atoms with E-state index in [1.807, 2.05) is 6.07 Å². The molecule has 1 aliphatic carbocycles. The molecule has 1 saturated carbocycles. The zero-order valence-corrected chi connectivity index (χ0v) is 14.6. The summed E-state index contributed by atoms with van der Waals surface area (Å²) in [6.45, 7) is 2.20. The lowest BCUT2D eigenvalue weighted by molar-refractivity contribution is 0.0232. The summed E-state index contributed by atoms with van der Waals surface area (Å²) in [5.41, 5.74) is 0.0373. The van der Waals surface area contributed by atoms with Crippen molar-refractivity contribution in [3.05, 3.63) is 33.3 Å². The zero-order chi connectivity index (χ0) is 15.5. The quantitative estimate of drug-likeness (QED) is 0.745. The predicted octanol–water partition coefficient (Wildman–Crippen LogP) is 5.64. The first-order valence-electron chi connectivity index (χ1n) is 7.56. The molecule has 1 aliphatic rings. The predicted molar refractivity (Wildman–Crippen MR) is 89.0 cm³/mol. The van der Waals surface area contributed by atoms with Gasteiger partial charge in [-0.2, -0.15) is 5.26 Å². The molecule has 1 aromatic carbocycles. The van der Waals surface area contributed by atoms with Crippen LogP contribution < -0.4 is 0 Å². The van der Waals surface area contributed by atoms with Gasteiger partial charge in [-0.3, -0.25) is 0 Å². The van der Waals surface area contributed by atoms with Crippen LogP contribution in [0.1, 0.15) is 57.1 Å². The van der Waals surface area contributed by atoms with Gasteiger partial charge in [0.15, 0.2) is 0 Å². The average molecular weight is 371 g/mol. The fourth-order valence-electron chi connectivity index (χ4n) is 3.36. The van der Waals surface area contributed by atoms with E-state index in [1.54, 1.807) is 12.1 Å². The summed E-state index contributed by atoms with van der Waals surface area (Å²) in [5.74, 6) is 0.700. The van der Waals surface area contributed by atoms with Crippen molar-refractivity contribution in [3.63, 3.8) is 0 Å². The van der Waals surface area contributed by atoms with Crippen LogP contribution in [0.2, 0.25) is 5.02 Å². The highest BCUT2D eigenvalue weighted by molar-refractivity contribution is 9.10. The Morgan fingerprint density at radius 1 is 1.48 bits per heavy atom. The molecule has 0 heterocycles. The number of hydrogen-bond donors (Lipinski definition) is 1. The van der Waals surface area contributed by atoms with E-state index >= 15 is 0 Å². The summed E-state index contributed by atoms with van der Waals surface area (Å²) in [7, 11) is 0. The smallest absolute Gasteiger partial charge is 0.0987 e. The number of benzene rings is 1. The molecule has 21 heavy (non-hydrogen) atoms. The second-order valence-electron chi connectivity index (χ2n) is 6.07. The molecule has 0 spiro atoms. The highest BCUT2D eigenvalue weighted by atomic mass is 79.9. The van der Waals surface area contributed by atoms with Crippen molar-refractivity contribution >= 4 is 27.5 Å². The van der Waals surface area contributed by atoms with Gasteiger partial charge in [0.05, 0.1) is 17.6 Å². The average Bonchev–Trinajstić information content (AvgIpc) is 2.50. The number of aliphatic hydroxyl groups excluding tert-OH is 1. The van der Waals surface area contributed by atoms with E-state index in [2.05, 4.69) is 28.9 Å². The molecule has 4 heteroatoms. The second-order valence-corrected chi connectivity index (χ2v) is 7.36. The number of hydrogen-bond acceptors (Lipinski definition) is 2. The van der Waals surface area contributed by atoms with Gasteiger partial charge in [0.1, 0.15) is 0 Å². The molecule has 114 valence electrons. The summed E-state index contributed by atoms with van der Waals surface area (Å²) < 4.78 is 0.810. The van der Waals surface area contributed by atoms with E-state index in [4.69, 9.17) is 11.6 Å². The minimum Gasteiger partial charge on any atom is -0.387 e. The highest BCUT2D eigenvalue weighted by Crippen LogP contribution is 2.49. The Bertz CT molecular complexity index is 532. The Hall–Kier alpha value is -0.560. The molecule has 2 nitrogen and oxygen atoms in total. The van der Waals surface area contributed by atoms with Gasteiger partial charge in [-0.25, -0.2) is 0 Å². The Morgan fingerprint density at radius 2 is 2.14 bits per heavy atom. The Balaban J connectivity index is 2.22. The van der Waals surface area contributed by atoms with Gasteiger partial charge in [-0.1, -0.05) is 47.3 Å². The third kappa shape index (κ3) is 3.62. The monoisotopic (exact) mass is 369 g/mol. The van der Waals surface area contributed by atoms with Crippen molar-refractivity contribution in [2.75, 3.05) is 0 Å². The molecule has 1 aromatic rings. The maximum absolute atomic E-state index is 10.8. The van der Waals surface area contributed by atoms with Gasteiger partial charge in [0, 0.05) is 9.50 Å². The molecule has 0 aromatic heterocycles. The van der Waals surface area contributed by atoms with Crippen LogP contribution in [0.25, 0.3) is 0 Å². The molecule has 0 radical (unpaired) electrons. The van der Waals surface area contributed by atoms with Crippen LogP contribution in [0.5, 0.6) is 0 Å². The Kier molecular flexibility index (Phi) is 5.71. The van der Waals surface area contributed by atoms with Crippen LogP contribution in [0.4, 0.5) is 0 Å². The van der Waals surface area contributed by atoms with Gasteiger partial charge in [-0.05, 0) is 55.4 Å². The van der Waals surface area contributed by atoms with Crippen molar-refractivity contribution in [1.82, 2.24) is 0 Å². The lowest BCUT2D eigenvalue weighted by Gasteiger charge is -2.38. The number of nitriles is 1. The molecule has 1 unspecified atom stereocenters. The van der Waals surface area contributed by atoms with Crippen LogP contribution >= 0.6 is 27.5 Å². The van der Waals surface area contributed by atoms with Crippen molar-refractivity contribution in [1.29, 1.82) is 5.26 Å². The normalized spacial score (nSPS) is 27.1. The molecule has 1 atom stereocenters. The largest absolute Gasteiger partial charge is 0.387 e. The standard InChI is InChI=1S/C17H21BrClNO/c1-2-3-12-6-8-17(11-20,9-7-12)16(21)14-10-13(19)4-5-15(14)18/h4-5,10,12,16,21H,2-3,6-9H2,1H3. The van der Waals surface area contributed by atoms with Crippen molar-refractivity contribution in [3.8, 4) is 6.07 Å². The van der Waals surface area contributed by atoms with E-state index in [9.17, 15) is 10.4 Å². The fourth-order valence-corrected chi connectivity index (χ4v) is 4.00. The van der Waals surface area contributed by atoms with Crippen LogP contribution in [-0.4, -0.2) is 5.11 Å². The van der Waals surface area contributed by atoms with Crippen LogP contribution in [-0.2, 0) is 0 Å². The number of aliphatic hydroxyl groups is 1. The molecule has 1 fully saturated rings. The molecule has 2 rings (SSSR count). The summed E-state index contributed by atoms with van der Waals surface area (Å²) in [5, 5.41) is 21.1. The third-order valence-corrected chi connectivity index (χ3v) is 5.65. The molecular weight excluding hydrogens is 350 g/mol. The minimum absolute atomic E-state index is 0.583. The third-order valence-electron chi connectivity index (χ3n) is 4.69. The van der Waals surface area contributed by atoms with Gasteiger partial charge < -0.3 is 5.11 Å². The van der Waals surface area contributed by atoms with E-state index in [-0.39, 0.29) is 0 Å². The van der Waals surface area contributed by atoms with Crippen molar-refractivity contribution in [2.24, 2.45) is 11.3 Å². The maximum Gasteiger partial charge on any atom is 0.0987 e. The highest BCUT2D eigenvalue weighted by Gasteiger charge is 2.42. The van der Waals surface area contributed by atoms with E-state index in [0.717, 1.165) is 35.7 Å². The first-order valence-corrected chi connectivity index (χ1v) is 8.74. The van der Waals surface area contributed by atoms with Crippen LogP contribution in [0.3, 0.4) is 0 Å². The number of nitrogens with zero attached hydrogens (tertiary/aromatic N) is 1. The summed E-state index contributed by atoms with van der Waals surface area (Å²) in [4.78, 5) is 0. The SMILES string of the molecule is CCCC1CCC(C#N)(C(O)c2cc(Cl)ccc2Br)CC1. The molecule has 1 N–H and O–H groups in total. The fraction of sp³-hybridized carbons (Fsp3) is 0.588.